The number of nitrogens with zero attached hydrogens (tertiary/aromatic N) is 1. The first-order valence-corrected chi connectivity index (χ1v) is 5.62. The van der Waals surface area contributed by atoms with E-state index in [0.29, 0.717) is 0 Å². The third-order valence-corrected chi connectivity index (χ3v) is 2.93. The Morgan fingerprint density at radius 3 is 2.43 bits per heavy atom. The molecular formula is C11H21NO2. The molecule has 14 heavy (non-hydrogen) atoms. The zero-order chi connectivity index (χ0) is 10.2. The van der Waals surface area contributed by atoms with Crippen LogP contribution in [-0.4, -0.2) is 24.1 Å². The number of rotatable bonds is 1. The van der Waals surface area contributed by atoms with Crippen LogP contribution in [0.15, 0.2) is 5.16 Å². The second-order valence-electron chi connectivity index (χ2n) is 3.98. The summed E-state index contributed by atoms with van der Waals surface area (Å²) in [5.74, 6) is 0. The third-order valence-electron chi connectivity index (χ3n) is 2.93. The third kappa shape index (κ3) is 3.66. The summed E-state index contributed by atoms with van der Waals surface area (Å²) in [7, 11) is 1.70. The van der Waals surface area contributed by atoms with Gasteiger partial charge >= 0.3 is 0 Å². The molecule has 0 aromatic heterocycles. The normalized spacial score (nSPS) is 28.9. The molecule has 82 valence electrons. The molecule has 1 saturated carbocycles. The highest BCUT2D eigenvalue weighted by Gasteiger charge is 2.16. The molecule has 0 radical (unpaired) electrons. The molecule has 1 atom stereocenters. The predicted molar refractivity (Wildman–Crippen MR) is 57.0 cm³/mol. The highest BCUT2D eigenvalue weighted by molar-refractivity contribution is 5.88. The fourth-order valence-corrected chi connectivity index (χ4v) is 2.04. The molecule has 1 aliphatic rings. The van der Waals surface area contributed by atoms with Crippen LogP contribution in [0.2, 0.25) is 0 Å². The zero-order valence-corrected chi connectivity index (χ0v) is 9.04. The van der Waals surface area contributed by atoms with E-state index in [1.54, 1.807) is 7.11 Å². The van der Waals surface area contributed by atoms with Crippen LogP contribution in [0.5, 0.6) is 0 Å². The minimum atomic E-state index is 0.0399. The van der Waals surface area contributed by atoms with E-state index in [-0.39, 0.29) is 6.10 Å². The minimum absolute atomic E-state index is 0.0399. The van der Waals surface area contributed by atoms with E-state index in [1.807, 2.05) is 0 Å². The average Bonchev–Trinajstić information content (AvgIpc) is 2.24. The van der Waals surface area contributed by atoms with Crippen molar-refractivity contribution in [2.75, 3.05) is 7.11 Å². The van der Waals surface area contributed by atoms with Crippen molar-refractivity contribution >= 4 is 5.71 Å². The molecule has 1 unspecified atom stereocenters. The van der Waals surface area contributed by atoms with Crippen molar-refractivity contribution in [3.05, 3.63) is 0 Å². The van der Waals surface area contributed by atoms with E-state index in [2.05, 4.69) is 5.16 Å². The molecule has 0 amide bonds. The van der Waals surface area contributed by atoms with Crippen LogP contribution in [0, 0.1) is 0 Å². The summed E-state index contributed by atoms with van der Waals surface area (Å²) < 4.78 is 5.34. The first-order chi connectivity index (χ1) is 6.88. The van der Waals surface area contributed by atoms with Crippen LogP contribution in [0.4, 0.5) is 0 Å². The Hall–Kier alpha value is -0.570. The van der Waals surface area contributed by atoms with Gasteiger partial charge in [-0.2, -0.15) is 0 Å². The first-order valence-electron chi connectivity index (χ1n) is 5.62. The molecule has 1 N–H and O–H groups in total. The molecule has 1 aliphatic carbocycles. The summed E-state index contributed by atoms with van der Waals surface area (Å²) in [6.07, 6.45) is 9.40. The van der Waals surface area contributed by atoms with Crippen LogP contribution < -0.4 is 0 Å². The van der Waals surface area contributed by atoms with Gasteiger partial charge in [0, 0.05) is 7.11 Å². The van der Waals surface area contributed by atoms with Gasteiger partial charge in [-0.25, -0.2) is 0 Å². The van der Waals surface area contributed by atoms with Gasteiger partial charge in [0.15, 0.2) is 0 Å². The first kappa shape index (κ1) is 11.5. The number of hydrogen-bond acceptors (Lipinski definition) is 3. The Morgan fingerprint density at radius 1 is 1.14 bits per heavy atom. The monoisotopic (exact) mass is 199 g/mol. The molecule has 0 bridgehead atoms. The highest BCUT2D eigenvalue weighted by atomic mass is 16.5. The van der Waals surface area contributed by atoms with Crippen LogP contribution in [0.25, 0.3) is 0 Å². The van der Waals surface area contributed by atoms with Gasteiger partial charge in [-0.05, 0) is 19.3 Å². The van der Waals surface area contributed by atoms with Crippen molar-refractivity contribution in [1.29, 1.82) is 0 Å². The SMILES string of the molecule is COC1CCCCCCCC/C1=N\O. The Morgan fingerprint density at radius 2 is 1.79 bits per heavy atom. The molecule has 0 spiro atoms. The summed E-state index contributed by atoms with van der Waals surface area (Å²) in [5.41, 5.74) is 0.828. The van der Waals surface area contributed by atoms with Gasteiger partial charge < -0.3 is 9.94 Å². The molecule has 3 heteroatoms. The van der Waals surface area contributed by atoms with Crippen molar-refractivity contribution < 1.29 is 9.94 Å². The van der Waals surface area contributed by atoms with E-state index in [9.17, 15) is 0 Å². The molecule has 0 aromatic carbocycles. The van der Waals surface area contributed by atoms with E-state index >= 15 is 0 Å². The van der Waals surface area contributed by atoms with Gasteiger partial charge in [0.1, 0.15) is 0 Å². The van der Waals surface area contributed by atoms with E-state index < -0.39 is 0 Å². The van der Waals surface area contributed by atoms with Gasteiger partial charge in [-0.3, -0.25) is 0 Å². The van der Waals surface area contributed by atoms with Gasteiger partial charge in [0.25, 0.3) is 0 Å². The maximum atomic E-state index is 8.88. The summed E-state index contributed by atoms with van der Waals surface area (Å²) in [5, 5.41) is 12.2. The van der Waals surface area contributed by atoms with Crippen molar-refractivity contribution in [3.8, 4) is 0 Å². The Balaban J connectivity index is 2.49. The van der Waals surface area contributed by atoms with Gasteiger partial charge in [0.2, 0.25) is 0 Å². The highest BCUT2D eigenvalue weighted by Crippen LogP contribution is 2.17. The fraction of sp³-hybridized carbons (Fsp3) is 0.909. The second-order valence-corrected chi connectivity index (χ2v) is 3.98. The van der Waals surface area contributed by atoms with Gasteiger partial charge in [-0.1, -0.05) is 37.3 Å². The summed E-state index contributed by atoms with van der Waals surface area (Å²) in [4.78, 5) is 0. The smallest absolute Gasteiger partial charge is 0.0985 e. The lowest BCUT2D eigenvalue weighted by Crippen LogP contribution is -2.23. The van der Waals surface area contributed by atoms with Crippen molar-refractivity contribution in [3.63, 3.8) is 0 Å². The van der Waals surface area contributed by atoms with E-state index in [1.165, 1.54) is 32.1 Å². The molecule has 1 fully saturated rings. The average molecular weight is 199 g/mol. The lowest BCUT2D eigenvalue weighted by atomic mass is 9.97. The topological polar surface area (TPSA) is 41.8 Å². The van der Waals surface area contributed by atoms with E-state index in [0.717, 1.165) is 25.0 Å². The largest absolute Gasteiger partial charge is 0.411 e. The second kappa shape index (κ2) is 6.82. The van der Waals surface area contributed by atoms with Gasteiger partial charge in [-0.15, -0.1) is 0 Å². The van der Waals surface area contributed by atoms with Crippen LogP contribution in [0.3, 0.4) is 0 Å². The maximum Gasteiger partial charge on any atom is 0.0985 e. The van der Waals surface area contributed by atoms with Crippen molar-refractivity contribution in [2.45, 2.75) is 57.5 Å². The van der Waals surface area contributed by atoms with Crippen molar-refractivity contribution in [1.82, 2.24) is 0 Å². The molecule has 0 aliphatic heterocycles. The Kier molecular flexibility index (Phi) is 5.60. The maximum absolute atomic E-state index is 8.88. The Labute approximate surface area is 86.1 Å². The molecular weight excluding hydrogens is 178 g/mol. The van der Waals surface area contributed by atoms with Crippen LogP contribution in [0.1, 0.15) is 51.4 Å². The zero-order valence-electron chi connectivity index (χ0n) is 9.04. The predicted octanol–water partition coefficient (Wildman–Crippen LogP) is 2.97. The van der Waals surface area contributed by atoms with Crippen LogP contribution >= 0.6 is 0 Å². The summed E-state index contributed by atoms with van der Waals surface area (Å²) in [6.45, 7) is 0. The van der Waals surface area contributed by atoms with E-state index in [4.69, 9.17) is 9.94 Å². The number of hydrogen-bond donors (Lipinski definition) is 1. The quantitative estimate of drug-likeness (QED) is 0.521. The standard InChI is InChI=1S/C11H21NO2/c1-14-11-9-7-5-3-2-4-6-8-10(11)12-13/h11,13H,2-9H2,1H3/b12-10+. The minimum Gasteiger partial charge on any atom is -0.411 e. The van der Waals surface area contributed by atoms with Gasteiger partial charge in [0.05, 0.1) is 11.8 Å². The summed E-state index contributed by atoms with van der Waals surface area (Å²) in [6, 6.07) is 0. The molecule has 0 heterocycles. The lowest BCUT2D eigenvalue weighted by Gasteiger charge is -2.18. The molecule has 0 aromatic rings. The lowest BCUT2D eigenvalue weighted by molar-refractivity contribution is 0.138. The number of oxime groups is 1. The number of methoxy groups -OCH3 is 1. The Bertz CT molecular complexity index is 180. The molecule has 0 saturated heterocycles. The fourth-order valence-electron chi connectivity index (χ4n) is 2.04. The molecule has 1 rings (SSSR count). The van der Waals surface area contributed by atoms with Crippen molar-refractivity contribution in [2.24, 2.45) is 5.16 Å². The summed E-state index contributed by atoms with van der Waals surface area (Å²) >= 11 is 0. The van der Waals surface area contributed by atoms with Crippen LogP contribution in [-0.2, 0) is 4.74 Å². The molecule has 3 nitrogen and oxygen atoms in total. The number of ether oxygens (including phenoxy) is 1.